The molecule has 5 nitrogen and oxygen atoms in total. The average Bonchev–Trinajstić information content (AvgIpc) is 2.59. The van der Waals surface area contributed by atoms with E-state index in [0.29, 0.717) is 23.3 Å². The summed E-state index contributed by atoms with van der Waals surface area (Å²) in [6, 6.07) is 6.98. The normalized spacial score (nSPS) is 23.9. The lowest BCUT2D eigenvalue weighted by Crippen LogP contribution is -2.51. The maximum Gasteiger partial charge on any atom is 0.260 e. The molecule has 0 radical (unpaired) electrons. The van der Waals surface area contributed by atoms with Crippen LogP contribution in [0.3, 0.4) is 0 Å². The topological polar surface area (TPSA) is 72.6 Å². The number of likely N-dealkylation sites (tertiary alicyclic amines) is 1. The van der Waals surface area contributed by atoms with Gasteiger partial charge in [0.05, 0.1) is 0 Å². The first-order valence-corrected chi connectivity index (χ1v) is 8.47. The molecule has 1 heterocycles. The van der Waals surface area contributed by atoms with E-state index in [0.717, 1.165) is 19.4 Å². The van der Waals surface area contributed by atoms with Gasteiger partial charge in [0.1, 0.15) is 5.75 Å². The predicted octanol–water partition coefficient (Wildman–Crippen LogP) is 2.35. The first-order valence-electron chi connectivity index (χ1n) is 8.47. The Morgan fingerprint density at radius 2 is 1.78 bits per heavy atom. The van der Waals surface area contributed by atoms with Gasteiger partial charge in [0.25, 0.3) is 5.91 Å². The van der Waals surface area contributed by atoms with E-state index in [4.69, 9.17) is 10.5 Å². The number of fused-ring (bicyclic) bond motifs is 1. The van der Waals surface area contributed by atoms with Crippen LogP contribution in [-0.4, -0.2) is 35.9 Å². The molecule has 0 unspecified atom stereocenters. The molecule has 2 fully saturated rings. The van der Waals surface area contributed by atoms with Crippen molar-refractivity contribution in [2.45, 2.75) is 44.6 Å². The Morgan fingerprint density at radius 1 is 1.09 bits per heavy atom. The van der Waals surface area contributed by atoms with Crippen LogP contribution in [0, 0.1) is 5.92 Å². The van der Waals surface area contributed by atoms with Crippen molar-refractivity contribution in [2.75, 3.05) is 13.2 Å². The molecule has 3 rings (SSSR count). The summed E-state index contributed by atoms with van der Waals surface area (Å²) in [5.74, 6) is 0.863. The molecule has 1 aliphatic heterocycles. The van der Waals surface area contributed by atoms with Crippen molar-refractivity contribution < 1.29 is 14.3 Å². The highest BCUT2D eigenvalue weighted by Gasteiger charge is 2.35. The van der Waals surface area contributed by atoms with Crippen molar-refractivity contribution in [2.24, 2.45) is 11.7 Å². The van der Waals surface area contributed by atoms with Gasteiger partial charge in [-0.15, -0.1) is 0 Å². The number of hydrogen-bond acceptors (Lipinski definition) is 3. The number of carbonyl (C=O) groups is 2. The fraction of sp³-hybridized carbons (Fsp3) is 0.556. The molecule has 1 saturated heterocycles. The summed E-state index contributed by atoms with van der Waals surface area (Å²) >= 11 is 0. The number of primary amides is 1. The van der Waals surface area contributed by atoms with Crippen molar-refractivity contribution in [1.82, 2.24) is 4.90 Å². The average molecular weight is 316 g/mol. The second kappa shape index (κ2) is 7.02. The number of carbonyl (C=O) groups excluding carboxylic acids is 2. The molecule has 0 bridgehead atoms. The predicted molar refractivity (Wildman–Crippen MR) is 87.1 cm³/mol. The number of rotatable bonds is 4. The first-order chi connectivity index (χ1) is 11.1. The molecule has 1 saturated carbocycles. The van der Waals surface area contributed by atoms with E-state index < -0.39 is 5.91 Å². The number of amides is 2. The molecule has 2 amide bonds. The Balaban J connectivity index is 1.57. The zero-order chi connectivity index (χ0) is 16.2. The zero-order valence-electron chi connectivity index (χ0n) is 13.4. The molecule has 124 valence electrons. The van der Waals surface area contributed by atoms with Gasteiger partial charge in [-0.1, -0.05) is 12.8 Å². The summed E-state index contributed by atoms with van der Waals surface area (Å²) in [6.07, 6.45) is 7.25. The number of hydrogen-bond donors (Lipinski definition) is 1. The van der Waals surface area contributed by atoms with Crippen LogP contribution in [-0.2, 0) is 4.79 Å². The number of ether oxygens (including phenoxy) is 1. The van der Waals surface area contributed by atoms with Crippen LogP contribution in [0.5, 0.6) is 5.75 Å². The molecule has 5 heteroatoms. The number of nitrogens with zero attached hydrogens (tertiary/aromatic N) is 1. The summed E-state index contributed by atoms with van der Waals surface area (Å²) in [7, 11) is 0. The fourth-order valence-corrected chi connectivity index (χ4v) is 3.88. The smallest absolute Gasteiger partial charge is 0.260 e. The summed E-state index contributed by atoms with van der Waals surface area (Å²) < 4.78 is 5.59. The van der Waals surface area contributed by atoms with Crippen LogP contribution in [0.1, 0.15) is 48.9 Å². The first kappa shape index (κ1) is 15.8. The Labute approximate surface area is 136 Å². The van der Waals surface area contributed by atoms with Crippen molar-refractivity contribution in [1.29, 1.82) is 0 Å². The quantitative estimate of drug-likeness (QED) is 0.926. The van der Waals surface area contributed by atoms with Crippen LogP contribution in [0.4, 0.5) is 0 Å². The standard InChI is InChI=1S/C18H24N2O3/c19-18(22)14-7-9-15(10-8-14)23-12-17(21)20-11-3-5-13-4-1-2-6-16(13)20/h7-10,13,16H,1-6,11-12H2,(H2,19,22)/t13-,16+/m0/s1. The van der Waals surface area contributed by atoms with Gasteiger partial charge in [0.15, 0.2) is 6.61 Å². The van der Waals surface area contributed by atoms with E-state index in [9.17, 15) is 9.59 Å². The highest BCUT2D eigenvalue weighted by molar-refractivity contribution is 5.92. The molecule has 1 aliphatic carbocycles. The molecular weight excluding hydrogens is 292 g/mol. The van der Waals surface area contributed by atoms with E-state index in [1.165, 1.54) is 25.7 Å². The van der Waals surface area contributed by atoms with Crippen molar-refractivity contribution in [3.8, 4) is 5.75 Å². The monoisotopic (exact) mass is 316 g/mol. The van der Waals surface area contributed by atoms with Gasteiger partial charge in [0, 0.05) is 18.2 Å². The third kappa shape index (κ3) is 3.66. The number of benzene rings is 1. The summed E-state index contributed by atoms with van der Waals surface area (Å²) in [6.45, 7) is 0.906. The van der Waals surface area contributed by atoms with Gasteiger partial charge in [-0.3, -0.25) is 9.59 Å². The minimum atomic E-state index is -0.468. The zero-order valence-corrected chi connectivity index (χ0v) is 13.4. The van der Waals surface area contributed by atoms with E-state index in [2.05, 4.69) is 0 Å². The number of piperidine rings is 1. The van der Waals surface area contributed by atoms with Crippen molar-refractivity contribution in [3.05, 3.63) is 29.8 Å². The summed E-state index contributed by atoms with van der Waals surface area (Å²) in [5.41, 5.74) is 5.64. The summed E-state index contributed by atoms with van der Waals surface area (Å²) in [5, 5.41) is 0. The number of nitrogens with two attached hydrogens (primary N) is 1. The molecule has 1 aromatic carbocycles. The van der Waals surface area contributed by atoms with Crippen LogP contribution >= 0.6 is 0 Å². The van der Waals surface area contributed by atoms with Crippen LogP contribution in [0.15, 0.2) is 24.3 Å². The summed E-state index contributed by atoms with van der Waals surface area (Å²) in [4.78, 5) is 25.6. The largest absolute Gasteiger partial charge is 0.484 e. The molecule has 2 aliphatic rings. The lowest BCUT2D eigenvalue weighted by Gasteiger charge is -2.44. The van der Waals surface area contributed by atoms with E-state index >= 15 is 0 Å². The van der Waals surface area contributed by atoms with Gasteiger partial charge in [-0.25, -0.2) is 0 Å². The molecule has 0 spiro atoms. The highest BCUT2D eigenvalue weighted by Crippen LogP contribution is 2.35. The van der Waals surface area contributed by atoms with Gasteiger partial charge in [-0.05, 0) is 55.9 Å². The molecule has 2 atom stereocenters. The van der Waals surface area contributed by atoms with Gasteiger partial charge < -0.3 is 15.4 Å². The maximum atomic E-state index is 12.5. The van der Waals surface area contributed by atoms with Gasteiger partial charge in [-0.2, -0.15) is 0 Å². The second-order valence-electron chi connectivity index (χ2n) is 6.52. The molecule has 0 aromatic heterocycles. The third-order valence-electron chi connectivity index (χ3n) is 5.06. The Bertz CT molecular complexity index is 568. The highest BCUT2D eigenvalue weighted by atomic mass is 16.5. The van der Waals surface area contributed by atoms with E-state index in [1.54, 1.807) is 24.3 Å². The lowest BCUT2D eigenvalue weighted by molar-refractivity contribution is -0.139. The van der Waals surface area contributed by atoms with Crippen LogP contribution in [0.2, 0.25) is 0 Å². The van der Waals surface area contributed by atoms with Crippen LogP contribution in [0.25, 0.3) is 0 Å². The Kier molecular flexibility index (Phi) is 4.84. The molecule has 23 heavy (non-hydrogen) atoms. The lowest BCUT2D eigenvalue weighted by atomic mass is 9.78. The Hall–Kier alpha value is -2.04. The van der Waals surface area contributed by atoms with Gasteiger partial charge >= 0.3 is 0 Å². The second-order valence-corrected chi connectivity index (χ2v) is 6.52. The van der Waals surface area contributed by atoms with Crippen LogP contribution < -0.4 is 10.5 Å². The van der Waals surface area contributed by atoms with E-state index in [-0.39, 0.29) is 12.5 Å². The van der Waals surface area contributed by atoms with Crippen molar-refractivity contribution in [3.63, 3.8) is 0 Å². The Morgan fingerprint density at radius 3 is 2.52 bits per heavy atom. The maximum absolute atomic E-state index is 12.5. The molecule has 1 aromatic rings. The van der Waals surface area contributed by atoms with E-state index in [1.807, 2.05) is 4.90 Å². The SMILES string of the molecule is NC(=O)c1ccc(OCC(=O)N2CCC[C@@H]3CCCC[C@H]32)cc1. The fourth-order valence-electron chi connectivity index (χ4n) is 3.88. The minimum Gasteiger partial charge on any atom is -0.484 e. The van der Waals surface area contributed by atoms with Crippen molar-refractivity contribution >= 4 is 11.8 Å². The molecule has 2 N–H and O–H groups in total. The molecular formula is C18H24N2O3. The van der Waals surface area contributed by atoms with Gasteiger partial charge in [0.2, 0.25) is 5.91 Å². The third-order valence-corrected chi connectivity index (χ3v) is 5.06. The minimum absolute atomic E-state index is 0.0547.